The predicted molar refractivity (Wildman–Crippen MR) is 201 cm³/mol. The molecule has 272 valence electrons. The highest BCUT2D eigenvalue weighted by Gasteiger charge is 2.50. The van der Waals surface area contributed by atoms with Crippen LogP contribution in [-0.4, -0.2) is 11.2 Å². The predicted octanol–water partition coefficient (Wildman–Crippen LogP) is 12.2. The van der Waals surface area contributed by atoms with E-state index in [-0.39, 0.29) is 22.7 Å². The van der Waals surface area contributed by atoms with Crippen molar-refractivity contribution in [1.82, 2.24) is 0 Å². The molecule has 2 aliphatic rings. The zero-order valence-corrected chi connectivity index (χ0v) is 30.3. The molecule has 6 aromatic rings. The number of ether oxygens (including phenoxy) is 3. The fraction of sp³-hybridized carbons (Fsp3) is 0.156. The summed E-state index contributed by atoms with van der Waals surface area (Å²) in [6.07, 6.45) is 0. The Kier molecular flexibility index (Phi) is 8.12. The number of fused-ring (bicyclic) bond motifs is 3. The highest BCUT2D eigenvalue weighted by Crippen LogP contribution is 2.61. The quantitative estimate of drug-likeness (QED) is 0.132. The molecule has 6 nitrogen and oxygen atoms in total. The van der Waals surface area contributed by atoms with Gasteiger partial charge in [-0.25, -0.2) is 17.6 Å². The Morgan fingerprint density at radius 3 is 1.45 bits per heavy atom. The van der Waals surface area contributed by atoms with E-state index in [4.69, 9.17) is 14.2 Å². The van der Waals surface area contributed by atoms with Crippen LogP contribution in [0.3, 0.4) is 0 Å². The van der Waals surface area contributed by atoms with E-state index < -0.39 is 56.7 Å². The second-order valence-corrected chi connectivity index (χ2v) is 14.4. The zero-order chi connectivity index (χ0) is 39.0. The average molecular weight is 738 g/mol. The molecule has 2 heterocycles. The standard InChI is InChI=1S/C45H31F4N3O3/c1-24-37(46)39(48)36(40(49)38(24)47)35-29(22-50)30(23-51)41(43-42(35)54-44(2,3)45(4,5)55-43)52-31-18-16-27(25-12-8-6-9-13-25)20-33(31)53-34-21-28(17-19-32(34)52)26-14-10-7-11-15-26/h6-21H,1-5H3. The highest BCUT2D eigenvalue weighted by atomic mass is 19.2. The van der Waals surface area contributed by atoms with Gasteiger partial charge in [0.2, 0.25) is 0 Å². The van der Waals surface area contributed by atoms with Gasteiger partial charge in [0.25, 0.3) is 0 Å². The van der Waals surface area contributed by atoms with Gasteiger partial charge in [-0.2, -0.15) is 10.5 Å². The maximum Gasteiger partial charge on any atom is 0.188 e. The molecule has 0 aliphatic carbocycles. The summed E-state index contributed by atoms with van der Waals surface area (Å²) in [5, 5.41) is 21.7. The van der Waals surface area contributed by atoms with Crippen LogP contribution in [0, 0.1) is 52.9 Å². The first kappa shape index (κ1) is 35.3. The fourth-order valence-electron chi connectivity index (χ4n) is 6.94. The molecular weight excluding hydrogens is 707 g/mol. The number of hydrogen-bond donors (Lipinski definition) is 0. The molecule has 10 heteroatoms. The van der Waals surface area contributed by atoms with E-state index in [0.29, 0.717) is 22.9 Å². The molecule has 0 radical (unpaired) electrons. The lowest BCUT2D eigenvalue weighted by atomic mass is 9.85. The SMILES string of the molecule is Cc1c(F)c(F)c(-c2c(C#N)c(C#N)c(N3c4ccc(-c5ccccc5)cc4Oc4cc(-c5ccccc5)ccc43)c3c2OC(C)(C)C(C)(C)O3)c(F)c1F. The molecule has 0 saturated carbocycles. The summed E-state index contributed by atoms with van der Waals surface area (Å²) in [7, 11) is 0. The summed E-state index contributed by atoms with van der Waals surface area (Å²) in [5.41, 5.74) is -1.73. The van der Waals surface area contributed by atoms with Gasteiger partial charge in [-0.3, -0.25) is 4.90 Å². The summed E-state index contributed by atoms with van der Waals surface area (Å²) in [5.74, 6) is -6.57. The number of benzene rings is 6. The van der Waals surface area contributed by atoms with E-state index in [1.54, 1.807) is 44.7 Å². The number of rotatable bonds is 4. The number of nitrogens with zero attached hydrogens (tertiary/aromatic N) is 3. The van der Waals surface area contributed by atoms with Gasteiger partial charge in [0.05, 0.1) is 33.6 Å². The maximum atomic E-state index is 16.0. The molecule has 0 amide bonds. The van der Waals surface area contributed by atoms with Crippen molar-refractivity contribution in [2.45, 2.75) is 45.8 Å². The second kappa shape index (κ2) is 12.7. The number of anilines is 3. The minimum Gasteiger partial charge on any atom is -0.479 e. The topological polar surface area (TPSA) is 78.5 Å². The summed E-state index contributed by atoms with van der Waals surface area (Å²) < 4.78 is 82.2. The Bertz CT molecular complexity index is 2550. The molecule has 0 N–H and O–H groups in total. The Labute approximate surface area is 315 Å². The molecule has 6 aromatic carbocycles. The lowest BCUT2D eigenvalue weighted by molar-refractivity contribution is -0.0982. The molecule has 8 rings (SSSR count). The Morgan fingerprint density at radius 2 is 1.00 bits per heavy atom. The molecule has 0 atom stereocenters. The molecule has 0 bridgehead atoms. The third kappa shape index (κ3) is 5.36. The first-order valence-electron chi connectivity index (χ1n) is 17.4. The van der Waals surface area contributed by atoms with Gasteiger partial charge < -0.3 is 14.2 Å². The minimum atomic E-state index is -1.75. The van der Waals surface area contributed by atoms with Crippen LogP contribution in [0.4, 0.5) is 34.6 Å². The van der Waals surface area contributed by atoms with Gasteiger partial charge in [0.1, 0.15) is 29.0 Å². The van der Waals surface area contributed by atoms with Crippen LogP contribution in [0.15, 0.2) is 97.1 Å². The first-order chi connectivity index (χ1) is 26.3. The Hall–Kier alpha value is -6.78. The van der Waals surface area contributed by atoms with Gasteiger partial charge in [-0.1, -0.05) is 72.8 Å². The van der Waals surface area contributed by atoms with Crippen molar-refractivity contribution in [2.24, 2.45) is 0 Å². The van der Waals surface area contributed by atoms with E-state index in [9.17, 15) is 10.5 Å². The molecule has 0 fully saturated rings. The minimum absolute atomic E-state index is 0.000897. The van der Waals surface area contributed by atoms with Crippen molar-refractivity contribution >= 4 is 17.1 Å². The van der Waals surface area contributed by atoms with Crippen LogP contribution < -0.4 is 19.1 Å². The molecular formula is C45H31F4N3O3. The number of halogens is 4. The third-order valence-electron chi connectivity index (χ3n) is 10.6. The first-order valence-corrected chi connectivity index (χ1v) is 17.4. The monoisotopic (exact) mass is 737 g/mol. The smallest absolute Gasteiger partial charge is 0.188 e. The van der Waals surface area contributed by atoms with Crippen molar-refractivity contribution < 1.29 is 31.8 Å². The molecule has 0 aromatic heterocycles. The van der Waals surface area contributed by atoms with Crippen LogP contribution in [0.1, 0.15) is 44.4 Å². The Morgan fingerprint density at radius 1 is 0.545 bits per heavy atom. The molecule has 0 unspecified atom stereocenters. The van der Waals surface area contributed by atoms with E-state index in [1.165, 1.54) is 0 Å². The van der Waals surface area contributed by atoms with E-state index >= 15 is 17.6 Å². The number of nitriles is 2. The van der Waals surface area contributed by atoms with Crippen LogP contribution in [-0.2, 0) is 0 Å². The fourth-order valence-corrected chi connectivity index (χ4v) is 6.94. The van der Waals surface area contributed by atoms with Gasteiger partial charge in [0, 0.05) is 5.56 Å². The summed E-state index contributed by atoms with van der Waals surface area (Å²) in [4.78, 5) is 1.68. The van der Waals surface area contributed by atoms with Crippen LogP contribution >= 0.6 is 0 Å². The van der Waals surface area contributed by atoms with Crippen molar-refractivity contribution in [2.75, 3.05) is 4.90 Å². The lowest BCUT2D eigenvalue weighted by Crippen LogP contribution is -2.56. The van der Waals surface area contributed by atoms with Gasteiger partial charge in [-0.05, 0) is 81.1 Å². The molecule has 2 aliphatic heterocycles. The van der Waals surface area contributed by atoms with Gasteiger partial charge in [-0.15, -0.1) is 0 Å². The molecule has 0 saturated heterocycles. The van der Waals surface area contributed by atoms with Crippen LogP contribution in [0.5, 0.6) is 23.0 Å². The normalized spacial score (nSPS) is 14.6. The summed E-state index contributed by atoms with van der Waals surface area (Å²) in [6.45, 7) is 7.70. The molecule has 0 spiro atoms. The van der Waals surface area contributed by atoms with Crippen molar-refractivity contribution in [3.8, 4) is 68.5 Å². The summed E-state index contributed by atoms with van der Waals surface area (Å²) >= 11 is 0. The van der Waals surface area contributed by atoms with Gasteiger partial charge in [0.15, 0.2) is 46.3 Å². The highest BCUT2D eigenvalue weighted by molar-refractivity contribution is 5.98. The average Bonchev–Trinajstić information content (AvgIpc) is 3.19. The number of hydrogen-bond acceptors (Lipinski definition) is 6. The zero-order valence-electron chi connectivity index (χ0n) is 30.3. The van der Waals surface area contributed by atoms with Crippen molar-refractivity contribution in [1.29, 1.82) is 10.5 Å². The third-order valence-corrected chi connectivity index (χ3v) is 10.6. The maximum absolute atomic E-state index is 16.0. The van der Waals surface area contributed by atoms with E-state index in [2.05, 4.69) is 6.07 Å². The Balaban J connectivity index is 1.49. The largest absolute Gasteiger partial charge is 0.479 e. The van der Waals surface area contributed by atoms with Crippen LogP contribution in [0.25, 0.3) is 33.4 Å². The van der Waals surface area contributed by atoms with Crippen LogP contribution in [0.2, 0.25) is 0 Å². The van der Waals surface area contributed by atoms with Crippen molar-refractivity contribution in [3.05, 3.63) is 137 Å². The summed E-state index contributed by atoms with van der Waals surface area (Å²) in [6, 6.07) is 34.3. The second-order valence-electron chi connectivity index (χ2n) is 14.4. The van der Waals surface area contributed by atoms with Gasteiger partial charge >= 0.3 is 0 Å². The lowest BCUT2D eigenvalue weighted by Gasteiger charge is -2.48. The molecule has 55 heavy (non-hydrogen) atoms. The van der Waals surface area contributed by atoms with Crippen molar-refractivity contribution in [3.63, 3.8) is 0 Å². The van der Waals surface area contributed by atoms with E-state index in [1.807, 2.05) is 91.0 Å². The van der Waals surface area contributed by atoms with E-state index in [0.717, 1.165) is 29.2 Å².